The Balaban J connectivity index is 0.00000380. The summed E-state index contributed by atoms with van der Waals surface area (Å²) in [6, 6.07) is -1.90. The van der Waals surface area contributed by atoms with Gasteiger partial charge in [0.1, 0.15) is 18.3 Å². The number of β-lactam (4-membered cyclic amide) rings is 1. The van der Waals surface area contributed by atoms with Gasteiger partial charge in [0.05, 0.1) is 17.7 Å². The molecule has 2 saturated heterocycles. The topological polar surface area (TPSA) is 181 Å². The van der Waals surface area contributed by atoms with Gasteiger partial charge in [-0.25, -0.2) is 4.98 Å². The second kappa shape index (κ2) is 10.8. The standard InChI is InChI=1S/C20H19F3N6O6S.Na/c21-20(22,23)7-28-4-3-9(16(28)31)5-8-1-2-11-13(17(32)29(11)14(8)18(33)34)26-15(30)12(27-35)10-6-36-19(24)25-10;/h5-6,11,13,35H,1-4,7H2,(H2,24,25)(H,26,30)(H,33,34);/q;+1/p-1/b9-5+,27-12-;/t11-,13+;/m1./s1. The van der Waals surface area contributed by atoms with Crippen molar-refractivity contribution >= 4 is 45.9 Å². The third-order valence-corrected chi connectivity index (χ3v) is 6.64. The first-order valence-electron chi connectivity index (χ1n) is 10.5. The van der Waals surface area contributed by atoms with E-state index < -0.39 is 59.9 Å². The summed E-state index contributed by atoms with van der Waals surface area (Å²) >= 11 is 0.995. The molecule has 0 aliphatic carbocycles. The van der Waals surface area contributed by atoms with Gasteiger partial charge < -0.3 is 36.0 Å². The van der Waals surface area contributed by atoms with E-state index in [2.05, 4.69) is 15.5 Å². The first-order chi connectivity index (χ1) is 16.9. The summed E-state index contributed by atoms with van der Waals surface area (Å²) in [5.41, 5.74) is 4.55. The van der Waals surface area contributed by atoms with Crippen LogP contribution in [0, 0.1) is 0 Å². The number of nitrogen functional groups attached to an aromatic ring is 1. The Labute approximate surface area is 233 Å². The number of nitrogens with one attached hydrogen (secondary N) is 1. The number of likely N-dealkylation sites (tertiary alicyclic amines) is 1. The Hall–Kier alpha value is -2.95. The molecule has 3 amide bonds. The molecule has 17 heteroatoms. The molecule has 0 spiro atoms. The summed E-state index contributed by atoms with van der Waals surface area (Å²) in [5.74, 6) is -4.29. The van der Waals surface area contributed by atoms with Crippen molar-refractivity contribution in [1.82, 2.24) is 20.1 Å². The van der Waals surface area contributed by atoms with E-state index in [9.17, 15) is 42.7 Å². The maximum Gasteiger partial charge on any atom is 1.00 e. The van der Waals surface area contributed by atoms with Crippen LogP contribution >= 0.6 is 11.3 Å². The number of aromatic nitrogens is 1. The number of allylic oxidation sites excluding steroid dienone is 2. The normalized spacial score (nSPS) is 23.1. The SMILES string of the molecule is Nc1nc(/C(=N/O)C(=O)N[C@@H]2C(=O)N3C(C(=O)[O-])=C(/C=C4\CCN(CC(F)(F)F)C4=O)CC[C@H]23)cs1.[Na+]. The number of aliphatic carboxylic acids is 1. The molecule has 4 heterocycles. The fourth-order valence-corrected chi connectivity index (χ4v) is 4.97. The molecule has 192 valence electrons. The fourth-order valence-electron chi connectivity index (χ4n) is 4.42. The average Bonchev–Trinajstić information content (AvgIpc) is 3.37. The molecule has 3 aliphatic heterocycles. The molecule has 0 saturated carbocycles. The number of nitrogens with zero attached hydrogens (tertiary/aromatic N) is 4. The predicted octanol–water partition coefficient (Wildman–Crippen LogP) is -3.88. The molecule has 3 aliphatic rings. The summed E-state index contributed by atoms with van der Waals surface area (Å²) in [5, 5.41) is 27.9. The molecule has 0 radical (unpaired) electrons. The number of carbonyl (C=O) groups is 4. The molecule has 0 bridgehead atoms. The van der Waals surface area contributed by atoms with Crippen molar-refractivity contribution in [3.05, 3.63) is 34.0 Å². The minimum absolute atomic E-state index is 0. The van der Waals surface area contributed by atoms with Crippen LogP contribution in [0.15, 0.2) is 33.5 Å². The van der Waals surface area contributed by atoms with E-state index in [0.717, 1.165) is 16.2 Å². The zero-order valence-electron chi connectivity index (χ0n) is 19.2. The molecule has 12 nitrogen and oxygen atoms in total. The van der Waals surface area contributed by atoms with Crippen molar-refractivity contribution in [3.8, 4) is 0 Å². The second-order valence-corrected chi connectivity index (χ2v) is 9.10. The maximum atomic E-state index is 12.8. The second-order valence-electron chi connectivity index (χ2n) is 8.21. The summed E-state index contributed by atoms with van der Waals surface area (Å²) < 4.78 is 38.0. The monoisotopic (exact) mass is 550 g/mol. The molecule has 4 N–H and O–H groups in total. The number of oxime groups is 1. The average molecular weight is 550 g/mol. The van der Waals surface area contributed by atoms with Gasteiger partial charge >= 0.3 is 35.7 Å². The molecule has 0 aromatic carbocycles. The van der Waals surface area contributed by atoms with Crippen molar-refractivity contribution in [2.45, 2.75) is 37.5 Å². The number of nitrogens with two attached hydrogens (primary N) is 1. The van der Waals surface area contributed by atoms with Crippen molar-refractivity contribution in [1.29, 1.82) is 0 Å². The van der Waals surface area contributed by atoms with Crippen LogP contribution in [0.1, 0.15) is 25.0 Å². The molecule has 1 aromatic rings. The summed E-state index contributed by atoms with van der Waals surface area (Å²) in [6.45, 7) is -1.59. The van der Waals surface area contributed by atoms with Crippen LogP contribution in [0.3, 0.4) is 0 Å². The number of carbonyl (C=O) groups excluding carboxylic acids is 4. The Morgan fingerprint density at radius 3 is 2.62 bits per heavy atom. The first-order valence-corrected chi connectivity index (χ1v) is 11.4. The van der Waals surface area contributed by atoms with Gasteiger partial charge in [-0.05, 0) is 30.9 Å². The van der Waals surface area contributed by atoms with Crippen molar-refractivity contribution in [3.63, 3.8) is 0 Å². The molecule has 0 unspecified atom stereocenters. The number of halogens is 3. The Bertz CT molecular complexity index is 1250. The smallest absolute Gasteiger partial charge is 0.543 e. The fraction of sp³-hybridized carbons (Fsp3) is 0.400. The Morgan fingerprint density at radius 2 is 2.05 bits per heavy atom. The first kappa shape index (κ1) is 28.6. The zero-order chi connectivity index (χ0) is 26.4. The third-order valence-electron chi connectivity index (χ3n) is 5.97. The molecule has 1 aromatic heterocycles. The maximum absolute atomic E-state index is 12.8. The molecule has 2 atom stereocenters. The molecular formula is C20H18F3N6NaO6S. The van der Waals surface area contributed by atoms with Gasteiger partial charge in [-0.1, -0.05) is 5.16 Å². The number of fused-ring (bicyclic) bond motifs is 1. The van der Waals surface area contributed by atoms with E-state index in [0.29, 0.717) is 4.90 Å². The van der Waals surface area contributed by atoms with Crippen LogP contribution in [-0.2, 0) is 19.2 Å². The van der Waals surface area contributed by atoms with E-state index in [1.54, 1.807) is 0 Å². The van der Waals surface area contributed by atoms with Gasteiger partial charge in [-0.2, -0.15) is 13.2 Å². The Morgan fingerprint density at radius 1 is 1.35 bits per heavy atom. The number of alkyl halides is 3. The summed E-state index contributed by atoms with van der Waals surface area (Å²) in [4.78, 5) is 54.9. The minimum atomic E-state index is -4.57. The number of thiazole rings is 1. The van der Waals surface area contributed by atoms with Crippen LogP contribution in [0.4, 0.5) is 18.3 Å². The van der Waals surface area contributed by atoms with Gasteiger partial charge in [-0.15, -0.1) is 11.3 Å². The van der Waals surface area contributed by atoms with Gasteiger partial charge in [0.15, 0.2) is 10.8 Å². The van der Waals surface area contributed by atoms with Crippen molar-refractivity contribution < 1.29 is 72.2 Å². The Kier molecular flexibility index (Phi) is 8.36. The van der Waals surface area contributed by atoms with Crippen LogP contribution in [0.25, 0.3) is 0 Å². The van der Waals surface area contributed by atoms with Crippen molar-refractivity contribution in [2.24, 2.45) is 5.16 Å². The van der Waals surface area contributed by atoms with Crippen LogP contribution < -0.4 is 45.7 Å². The van der Waals surface area contributed by atoms with Gasteiger partial charge in [0.2, 0.25) is 5.91 Å². The minimum Gasteiger partial charge on any atom is -0.543 e. The number of carboxylic acid groups (broad SMARTS) is 1. The zero-order valence-corrected chi connectivity index (χ0v) is 22.1. The number of hydrogen-bond donors (Lipinski definition) is 3. The van der Waals surface area contributed by atoms with E-state index in [1.165, 1.54) is 11.5 Å². The number of amides is 3. The van der Waals surface area contributed by atoms with E-state index in [-0.39, 0.29) is 77.3 Å². The van der Waals surface area contributed by atoms with Gasteiger partial charge in [0, 0.05) is 17.5 Å². The number of carboxylic acids is 1. The van der Waals surface area contributed by atoms with Gasteiger partial charge in [-0.3, -0.25) is 14.4 Å². The predicted molar refractivity (Wildman–Crippen MR) is 114 cm³/mol. The largest absolute Gasteiger partial charge is 1.00 e. The van der Waals surface area contributed by atoms with Gasteiger partial charge in [0.25, 0.3) is 11.8 Å². The van der Waals surface area contributed by atoms with E-state index >= 15 is 0 Å². The third kappa shape index (κ3) is 5.66. The number of anilines is 1. The number of hydrogen-bond acceptors (Lipinski definition) is 10. The molecule has 2 fully saturated rings. The molecular weight excluding hydrogens is 532 g/mol. The summed E-state index contributed by atoms with van der Waals surface area (Å²) in [6.07, 6.45) is -3.15. The van der Waals surface area contributed by atoms with Crippen LogP contribution in [-0.4, -0.2) is 80.7 Å². The van der Waals surface area contributed by atoms with E-state index in [4.69, 9.17) is 5.73 Å². The summed E-state index contributed by atoms with van der Waals surface area (Å²) in [7, 11) is 0. The van der Waals surface area contributed by atoms with Crippen LogP contribution in [0.2, 0.25) is 0 Å². The quantitative estimate of drug-likeness (QED) is 0.0803. The molecule has 4 rings (SSSR count). The van der Waals surface area contributed by atoms with Crippen LogP contribution in [0.5, 0.6) is 0 Å². The number of rotatable bonds is 6. The van der Waals surface area contributed by atoms with E-state index in [1.807, 2.05) is 0 Å². The van der Waals surface area contributed by atoms with Crippen molar-refractivity contribution in [2.75, 3.05) is 18.8 Å². The molecule has 37 heavy (non-hydrogen) atoms.